The molecule has 2 N–H and O–H groups in total. The van der Waals surface area contributed by atoms with Crippen LogP contribution in [0.5, 0.6) is 0 Å². The van der Waals surface area contributed by atoms with E-state index in [0.717, 1.165) is 51.1 Å². The molecule has 0 unspecified atom stereocenters. The van der Waals surface area contributed by atoms with Crippen LogP contribution in [0.1, 0.15) is 23.0 Å². The van der Waals surface area contributed by atoms with Crippen LogP contribution in [0.15, 0.2) is 67.1 Å². The van der Waals surface area contributed by atoms with Gasteiger partial charge in [0.1, 0.15) is 11.5 Å². The number of hydrogen-bond acceptors (Lipinski definition) is 5. The Morgan fingerprint density at radius 3 is 2.50 bits per heavy atom. The molecule has 0 radical (unpaired) electrons. The van der Waals surface area contributed by atoms with E-state index >= 15 is 0 Å². The van der Waals surface area contributed by atoms with Gasteiger partial charge in [-0.2, -0.15) is 5.10 Å². The third-order valence-corrected chi connectivity index (χ3v) is 6.88. The van der Waals surface area contributed by atoms with Crippen molar-refractivity contribution in [2.24, 2.45) is 7.05 Å². The minimum Gasteiger partial charge on any atom is -0.340 e. The normalized spacial score (nSPS) is 14.5. The van der Waals surface area contributed by atoms with Gasteiger partial charge in [0.2, 0.25) is 0 Å². The van der Waals surface area contributed by atoms with Gasteiger partial charge in [0.05, 0.1) is 19.3 Å². The molecular weight excluding hydrogens is 488 g/mol. The Labute approximate surface area is 217 Å². The lowest BCUT2D eigenvalue weighted by molar-refractivity contribution is -0.113. The van der Waals surface area contributed by atoms with Gasteiger partial charge < -0.3 is 14.8 Å². The van der Waals surface area contributed by atoms with Crippen molar-refractivity contribution in [2.45, 2.75) is 19.3 Å². The standard InChI is InChI=1S/C28H25F2N7O/c1-3-17-12-31-25(35-26(17)34-22-8-6-18(7-9-22)21-13-32-33-14-21)20-5-4-19-10-24(36(2)23(19)11-20)27(38)37-15-28(29,30)16-37/h4-14H,3,15-16H2,1-2H3,(H,32,33)(H,31,34,35). The lowest BCUT2D eigenvalue weighted by Gasteiger charge is -2.38. The van der Waals surface area contributed by atoms with E-state index < -0.39 is 24.9 Å². The van der Waals surface area contributed by atoms with E-state index in [1.807, 2.05) is 61.8 Å². The molecule has 2 aromatic carbocycles. The minimum absolute atomic E-state index is 0.371. The maximum atomic E-state index is 13.3. The molecule has 1 aliphatic rings. The number of aryl methyl sites for hydroxylation is 2. The molecule has 5 aromatic rings. The lowest BCUT2D eigenvalue weighted by Crippen LogP contribution is -2.58. The second-order valence-corrected chi connectivity index (χ2v) is 9.49. The van der Waals surface area contributed by atoms with Gasteiger partial charge in [0.15, 0.2) is 5.82 Å². The third kappa shape index (κ3) is 4.27. The SMILES string of the molecule is CCc1cnc(-c2ccc3cc(C(=O)N4CC(F)(F)C4)n(C)c3c2)nc1Nc1ccc(-c2cn[nH]c2)cc1. The molecule has 0 spiro atoms. The molecule has 0 bridgehead atoms. The molecule has 38 heavy (non-hydrogen) atoms. The summed E-state index contributed by atoms with van der Waals surface area (Å²) < 4.78 is 28.3. The topological polar surface area (TPSA) is 91.7 Å². The van der Waals surface area contributed by atoms with Crippen molar-refractivity contribution in [2.75, 3.05) is 18.4 Å². The number of likely N-dealkylation sites (tertiary alicyclic amines) is 1. The number of amides is 1. The van der Waals surface area contributed by atoms with Crippen molar-refractivity contribution in [1.29, 1.82) is 0 Å². The summed E-state index contributed by atoms with van der Waals surface area (Å²) in [5.74, 6) is -1.94. The number of carbonyl (C=O) groups is 1. The van der Waals surface area contributed by atoms with Gasteiger partial charge in [-0.05, 0) is 36.2 Å². The summed E-state index contributed by atoms with van der Waals surface area (Å²) in [4.78, 5) is 23.3. The quantitative estimate of drug-likeness (QED) is 0.316. The van der Waals surface area contributed by atoms with Crippen LogP contribution in [0.3, 0.4) is 0 Å². The first-order valence-electron chi connectivity index (χ1n) is 12.3. The Balaban J connectivity index is 1.28. The van der Waals surface area contributed by atoms with Gasteiger partial charge in [-0.1, -0.05) is 31.2 Å². The van der Waals surface area contributed by atoms with Crippen LogP contribution < -0.4 is 5.32 Å². The van der Waals surface area contributed by atoms with Gasteiger partial charge in [-0.25, -0.2) is 18.7 Å². The zero-order valence-corrected chi connectivity index (χ0v) is 20.9. The molecule has 192 valence electrons. The maximum Gasteiger partial charge on any atom is 0.282 e. The lowest BCUT2D eigenvalue weighted by atomic mass is 10.1. The number of H-pyrrole nitrogens is 1. The van der Waals surface area contributed by atoms with Gasteiger partial charge in [-0.3, -0.25) is 9.89 Å². The second kappa shape index (κ2) is 9.05. The van der Waals surface area contributed by atoms with Crippen LogP contribution in [0.4, 0.5) is 20.3 Å². The van der Waals surface area contributed by atoms with Crippen LogP contribution in [-0.4, -0.2) is 54.6 Å². The number of carbonyl (C=O) groups excluding carboxylic acids is 1. The van der Waals surface area contributed by atoms with Crippen molar-refractivity contribution >= 4 is 28.3 Å². The summed E-state index contributed by atoms with van der Waals surface area (Å²) in [5, 5.41) is 11.1. The number of fused-ring (bicyclic) bond motifs is 1. The molecule has 0 saturated carbocycles. The molecule has 0 atom stereocenters. The number of halogens is 2. The highest BCUT2D eigenvalue weighted by Crippen LogP contribution is 2.31. The number of nitrogens with zero attached hydrogens (tertiary/aromatic N) is 5. The Morgan fingerprint density at radius 2 is 1.82 bits per heavy atom. The van der Waals surface area contributed by atoms with Gasteiger partial charge >= 0.3 is 0 Å². The maximum absolute atomic E-state index is 13.3. The van der Waals surface area contributed by atoms with Crippen molar-refractivity contribution in [3.8, 4) is 22.5 Å². The monoisotopic (exact) mass is 513 g/mol. The Bertz CT molecular complexity index is 1630. The number of benzene rings is 2. The molecule has 3 aromatic heterocycles. The Hall–Kier alpha value is -4.60. The fourth-order valence-corrected chi connectivity index (χ4v) is 4.70. The minimum atomic E-state index is -2.80. The number of anilines is 2. The number of alkyl halides is 2. The highest BCUT2D eigenvalue weighted by Gasteiger charge is 2.46. The van der Waals surface area contributed by atoms with Crippen LogP contribution in [0.25, 0.3) is 33.4 Å². The van der Waals surface area contributed by atoms with Crippen molar-refractivity contribution in [1.82, 2.24) is 29.6 Å². The first kappa shape index (κ1) is 23.8. The van der Waals surface area contributed by atoms with E-state index in [0.29, 0.717) is 11.5 Å². The molecule has 4 heterocycles. The van der Waals surface area contributed by atoms with E-state index in [1.165, 1.54) is 4.90 Å². The first-order valence-corrected chi connectivity index (χ1v) is 12.3. The highest BCUT2D eigenvalue weighted by atomic mass is 19.3. The van der Waals surface area contributed by atoms with Crippen LogP contribution in [0, 0.1) is 0 Å². The number of aromatic nitrogens is 5. The van der Waals surface area contributed by atoms with Gasteiger partial charge in [0, 0.05) is 52.7 Å². The van der Waals surface area contributed by atoms with Gasteiger partial charge in [-0.15, -0.1) is 0 Å². The van der Waals surface area contributed by atoms with Crippen LogP contribution in [0.2, 0.25) is 0 Å². The Morgan fingerprint density at radius 1 is 1.05 bits per heavy atom. The molecule has 8 nitrogen and oxygen atoms in total. The van der Waals surface area contributed by atoms with E-state index in [2.05, 4.69) is 20.5 Å². The number of rotatable bonds is 6. The average Bonchev–Trinajstić information content (AvgIpc) is 3.56. The fourth-order valence-electron chi connectivity index (χ4n) is 4.70. The predicted molar refractivity (Wildman–Crippen MR) is 141 cm³/mol. The van der Waals surface area contributed by atoms with Crippen molar-refractivity contribution < 1.29 is 13.6 Å². The number of hydrogen-bond donors (Lipinski definition) is 2. The second-order valence-electron chi connectivity index (χ2n) is 9.49. The zero-order valence-electron chi connectivity index (χ0n) is 20.9. The number of nitrogens with one attached hydrogen (secondary N) is 2. The highest BCUT2D eigenvalue weighted by molar-refractivity contribution is 6.00. The molecule has 10 heteroatoms. The van der Waals surface area contributed by atoms with Crippen LogP contribution >= 0.6 is 0 Å². The molecule has 1 saturated heterocycles. The predicted octanol–water partition coefficient (Wildman–Crippen LogP) is 5.42. The summed E-state index contributed by atoms with van der Waals surface area (Å²) in [5.41, 5.74) is 5.90. The summed E-state index contributed by atoms with van der Waals surface area (Å²) in [6.07, 6.45) is 6.20. The van der Waals surface area contributed by atoms with Crippen molar-refractivity contribution in [3.63, 3.8) is 0 Å². The first-order chi connectivity index (χ1) is 18.3. The Kier molecular flexibility index (Phi) is 5.67. The molecular formula is C28H25F2N7O. The van der Waals surface area contributed by atoms with Crippen LogP contribution in [-0.2, 0) is 13.5 Å². The molecule has 1 amide bonds. The van der Waals surface area contributed by atoms with E-state index in [4.69, 9.17) is 4.98 Å². The molecule has 1 aliphatic heterocycles. The molecule has 1 fully saturated rings. The zero-order chi connectivity index (χ0) is 26.4. The van der Waals surface area contributed by atoms with Gasteiger partial charge in [0.25, 0.3) is 11.8 Å². The largest absolute Gasteiger partial charge is 0.340 e. The van der Waals surface area contributed by atoms with E-state index in [9.17, 15) is 13.6 Å². The number of aromatic amines is 1. The summed E-state index contributed by atoms with van der Waals surface area (Å²) >= 11 is 0. The average molecular weight is 514 g/mol. The summed E-state index contributed by atoms with van der Waals surface area (Å²) in [7, 11) is 1.76. The molecule has 6 rings (SSSR count). The fraction of sp³-hybridized carbons (Fsp3) is 0.214. The third-order valence-electron chi connectivity index (χ3n) is 6.88. The van der Waals surface area contributed by atoms with E-state index in [1.54, 1.807) is 23.9 Å². The summed E-state index contributed by atoms with van der Waals surface area (Å²) in [6.45, 7) is 0.963. The van der Waals surface area contributed by atoms with Crippen molar-refractivity contribution in [3.05, 3.63) is 78.4 Å². The van der Waals surface area contributed by atoms with E-state index in [-0.39, 0.29) is 0 Å². The summed E-state index contributed by atoms with van der Waals surface area (Å²) in [6, 6.07) is 15.5. The smallest absolute Gasteiger partial charge is 0.282 e. The molecule has 0 aliphatic carbocycles.